The molecule has 2 aromatic rings. The number of hydrogen-bond donors (Lipinski definition) is 2. The number of ketones is 2. The molecule has 5 heteroatoms. The summed E-state index contributed by atoms with van der Waals surface area (Å²) in [5, 5.41) is 3.25. The molecule has 0 radical (unpaired) electrons. The Hall–Kier alpha value is -3.86. The standard InChI is InChI=1S/C27H26N2O3/c1-2-3-4-17-32-21-11-7-19(8-12-21)18-5-9-20(10-6-18)29-23-14-16-24(30)26-22(28)13-15-25(31)27(23)26/h5-16,29H,2-4,17,28H2,1H3. The van der Waals surface area contributed by atoms with Crippen molar-refractivity contribution in [3.63, 3.8) is 0 Å². The van der Waals surface area contributed by atoms with Crippen molar-refractivity contribution in [2.75, 3.05) is 11.9 Å². The Balaban J connectivity index is 1.48. The fourth-order valence-electron chi connectivity index (χ4n) is 3.75. The quantitative estimate of drug-likeness (QED) is 0.576. The smallest absolute Gasteiger partial charge is 0.188 e. The summed E-state index contributed by atoms with van der Waals surface area (Å²) >= 11 is 0. The lowest BCUT2D eigenvalue weighted by molar-refractivity contribution is -0.114. The molecule has 0 saturated heterocycles. The molecule has 0 spiro atoms. The zero-order chi connectivity index (χ0) is 22.5. The van der Waals surface area contributed by atoms with Crippen LogP contribution in [0.1, 0.15) is 26.2 Å². The van der Waals surface area contributed by atoms with E-state index in [4.69, 9.17) is 10.5 Å². The minimum absolute atomic E-state index is 0.233. The molecule has 0 heterocycles. The minimum Gasteiger partial charge on any atom is -0.494 e. The van der Waals surface area contributed by atoms with Gasteiger partial charge in [0.25, 0.3) is 0 Å². The van der Waals surface area contributed by atoms with E-state index in [1.165, 1.54) is 31.1 Å². The van der Waals surface area contributed by atoms with Gasteiger partial charge in [0.2, 0.25) is 0 Å². The molecule has 0 aromatic heterocycles. The molecule has 3 N–H and O–H groups in total. The van der Waals surface area contributed by atoms with Gasteiger partial charge in [0.15, 0.2) is 11.6 Å². The predicted molar refractivity (Wildman–Crippen MR) is 127 cm³/mol. The summed E-state index contributed by atoms with van der Waals surface area (Å²) in [6.07, 6.45) is 9.35. The Morgan fingerprint density at radius 3 is 2.09 bits per heavy atom. The first-order valence-corrected chi connectivity index (χ1v) is 10.9. The number of fused-ring (bicyclic) bond motifs is 1. The molecule has 2 aromatic carbocycles. The van der Waals surface area contributed by atoms with Crippen LogP contribution in [0.2, 0.25) is 0 Å². The van der Waals surface area contributed by atoms with Crippen molar-refractivity contribution in [1.82, 2.24) is 0 Å². The molecule has 0 aliphatic heterocycles. The molecule has 0 bridgehead atoms. The normalized spacial score (nSPS) is 15.3. The Kier molecular flexibility index (Phi) is 6.36. The van der Waals surface area contributed by atoms with E-state index in [2.05, 4.69) is 12.2 Å². The monoisotopic (exact) mass is 426 g/mol. The highest BCUT2D eigenvalue weighted by Gasteiger charge is 2.29. The van der Waals surface area contributed by atoms with Crippen LogP contribution in [0.5, 0.6) is 5.75 Å². The topological polar surface area (TPSA) is 81.4 Å². The highest BCUT2D eigenvalue weighted by Crippen LogP contribution is 2.30. The fourth-order valence-corrected chi connectivity index (χ4v) is 3.75. The molecule has 2 aliphatic carbocycles. The van der Waals surface area contributed by atoms with Crippen LogP contribution in [0.3, 0.4) is 0 Å². The van der Waals surface area contributed by atoms with Crippen molar-refractivity contribution in [1.29, 1.82) is 0 Å². The maximum absolute atomic E-state index is 12.4. The minimum atomic E-state index is -0.256. The average Bonchev–Trinajstić information content (AvgIpc) is 2.81. The van der Waals surface area contributed by atoms with Gasteiger partial charge < -0.3 is 15.8 Å². The van der Waals surface area contributed by atoms with Gasteiger partial charge in [-0.15, -0.1) is 0 Å². The second-order valence-corrected chi connectivity index (χ2v) is 7.80. The number of ether oxygens (including phenoxy) is 1. The lowest BCUT2D eigenvalue weighted by atomic mass is 9.86. The SMILES string of the molecule is CCCCCOc1ccc(-c2ccc(NC3=C4C(=O)C=CC(N)=C4C(=O)C=C3)cc2)cc1. The van der Waals surface area contributed by atoms with Crippen LogP contribution < -0.4 is 15.8 Å². The van der Waals surface area contributed by atoms with Crippen LogP contribution in [0.25, 0.3) is 11.1 Å². The summed E-state index contributed by atoms with van der Waals surface area (Å²) in [7, 11) is 0. The summed E-state index contributed by atoms with van der Waals surface area (Å²) in [6, 6.07) is 16.0. The van der Waals surface area contributed by atoms with E-state index >= 15 is 0 Å². The molecule has 0 atom stereocenters. The molecular formula is C27H26N2O3. The van der Waals surface area contributed by atoms with Crippen LogP contribution in [0.4, 0.5) is 5.69 Å². The van der Waals surface area contributed by atoms with E-state index in [1.54, 1.807) is 6.08 Å². The predicted octanol–water partition coefficient (Wildman–Crippen LogP) is 5.08. The third-order valence-corrected chi connectivity index (χ3v) is 5.48. The lowest BCUT2D eigenvalue weighted by Gasteiger charge is -2.21. The van der Waals surface area contributed by atoms with Crippen LogP contribution in [0, 0.1) is 0 Å². The second kappa shape index (κ2) is 9.52. The number of unbranched alkanes of at least 4 members (excludes halogenated alkanes) is 2. The molecule has 0 saturated carbocycles. The van der Waals surface area contributed by atoms with E-state index < -0.39 is 0 Å². The number of carbonyl (C=O) groups excluding carboxylic acids is 2. The second-order valence-electron chi connectivity index (χ2n) is 7.80. The summed E-state index contributed by atoms with van der Waals surface area (Å²) in [4.78, 5) is 24.6. The maximum atomic E-state index is 12.4. The van der Waals surface area contributed by atoms with Crippen molar-refractivity contribution >= 4 is 17.3 Å². The first-order valence-electron chi connectivity index (χ1n) is 10.9. The van der Waals surface area contributed by atoms with E-state index in [0.29, 0.717) is 17.0 Å². The van der Waals surface area contributed by atoms with Gasteiger partial charge in [-0.3, -0.25) is 9.59 Å². The Labute approximate surface area is 188 Å². The molecule has 2 aliphatic rings. The zero-order valence-corrected chi connectivity index (χ0v) is 18.1. The number of hydrogen-bond acceptors (Lipinski definition) is 5. The van der Waals surface area contributed by atoms with Gasteiger partial charge in [0, 0.05) is 11.4 Å². The maximum Gasteiger partial charge on any atom is 0.188 e. The number of allylic oxidation sites excluding steroid dienone is 6. The van der Waals surface area contributed by atoms with Gasteiger partial charge in [-0.05, 0) is 66.1 Å². The Morgan fingerprint density at radius 2 is 1.41 bits per heavy atom. The zero-order valence-electron chi connectivity index (χ0n) is 18.1. The van der Waals surface area contributed by atoms with Gasteiger partial charge in [-0.1, -0.05) is 44.0 Å². The highest BCUT2D eigenvalue weighted by molar-refractivity contribution is 6.23. The molecule has 162 valence electrons. The number of rotatable bonds is 8. The van der Waals surface area contributed by atoms with Crippen molar-refractivity contribution in [2.24, 2.45) is 5.73 Å². The van der Waals surface area contributed by atoms with Gasteiger partial charge in [-0.25, -0.2) is 0 Å². The first-order chi connectivity index (χ1) is 15.6. The van der Waals surface area contributed by atoms with Gasteiger partial charge >= 0.3 is 0 Å². The Bertz CT molecular complexity index is 1150. The van der Waals surface area contributed by atoms with Crippen LogP contribution in [0.15, 0.2) is 95.4 Å². The van der Waals surface area contributed by atoms with Crippen molar-refractivity contribution in [2.45, 2.75) is 26.2 Å². The highest BCUT2D eigenvalue weighted by atomic mass is 16.5. The number of anilines is 1. The molecule has 5 nitrogen and oxygen atoms in total. The van der Waals surface area contributed by atoms with Crippen molar-refractivity contribution in [3.05, 3.63) is 95.4 Å². The summed E-state index contributed by atoms with van der Waals surface area (Å²) in [5.41, 5.74) is 10.4. The van der Waals surface area contributed by atoms with E-state index in [0.717, 1.165) is 35.6 Å². The summed E-state index contributed by atoms with van der Waals surface area (Å²) < 4.78 is 5.78. The van der Waals surface area contributed by atoms with Crippen LogP contribution >= 0.6 is 0 Å². The molecule has 0 amide bonds. The summed E-state index contributed by atoms with van der Waals surface area (Å²) in [6.45, 7) is 2.92. The summed E-state index contributed by atoms with van der Waals surface area (Å²) in [5.74, 6) is 0.390. The van der Waals surface area contributed by atoms with E-state index in [-0.39, 0.29) is 17.1 Å². The molecule has 0 unspecified atom stereocenters. The Morgan fingerprint density at radius 1 is 0.781 bits per heavy atom. The van der Waals surface area contributed by atoms with Crippen molar-refractivity contribution in [3.8, 4) is 16.9 Å². The van der Waals surface area contributed by atoms with Crippen LogP contribution in [-0.4, -0.2) is 18.2 Å². The van der Waals surface area contributed by atoms with Gasteiger partial charge in [0.05, 0.1) is 23.5 Å². The third kappa shape index (κ3) is 4.57. The lowest BCUT2D eigenvalue weighted by Crippen LogP contribution is -2.24. The molecular weight excluding hydrogens is 400 g/mol. The van der Waals surface area contributed by atoms with Crippen molar-refractivity contribution < 1.29 is 14.3 Å². The third-order valence-electron chi connectivity index (χ3n) is 5.48. The average molecular weight is 427 g/mol. The van der Waals surface area contributed by atoms with Crippen LogP contribution in [-0.2, 0) is 9.59 Å². The number of carbonyl (C=O) groups is 2. The molecule has 32 heavy (non-hydrogen) atoms. The number of nitrogens with one attached hydrogen (secondary N) is 1. The number of nitrogens with two attached hydrogens (primary N) is 1. The first kappa shape index (κ1) is 21.4. The molecule has 4 rings (SSSR count). The van der Waals surface area contributed by atoms with E-state index in [9.17, 15) is 9.59 Å². The van der Waals surface area contributed by atoms with E-state index in [1.807, 2.05) is 48.5 Å². The fraction of sp³-hybridized carbons (Fsp3) is 0.185. The number of benzene rings is 2. The molecule has 0 fully saturated rings. The van der Waals surface area contributed by atoms with Gasteiger partial charge in [-0.2, -0.15) is 0 Å². The van der Waals surface area contributed by atoms with Gasteiger partial charge in [0.1, 0.15) is 5.75 Å². The largest absolute Gasteiger partial charge is 0.494 e.